The van der Waals surface area contributed by atoms with Gasteiger partial charge in [-0.2, -0.15) is 0 Å². The van der Waals surface area contributed by atoms with E-state index in [2.05, 4.69) is 153 Å². The van der Waals surface area contributed by atoms with E-state index in [4.69, 9.17) is 33.2 Å². The Labute approximate surface area is 433 Å². The van der Waals surface area contributed by atoms with Gasteiger partial charge in [-0.1, -0.05) is 120 Å². The first-order valence-corrected chi connectivity index (χ1v) is 25.5. The molecule has 4 aliphatic carbocycles. The third-order valence-electron chi connectivity index (χ3n) is 16.8. The van der Waals surface area contributed by atoms with Crippen LogP contribution in [0.1, 0.15) is 44.5 Å². The zero-order chi connectivity index (χ0) is 48.6. The summed E-state index contributed by atoms with van der Waals surface area (Å²) in [4.78, 5) is 29.5. The highest BCUT2D eigenvalue weighted by Gasteiger charge is 2.53. The minimum Gasteiger partial charge on any atom is -0.264 e. The van der Waals surface area contributed by atoms with Crippen molar-refractivity contribution in [2.75, 3.05) is 0 Å². The van der Waals surface area contributed by atoms with Crippen LogP contribution in [0, 0.1) is 0 Å². The summed E-state index contributed by atoms with van der Waals surface area (Å²) in [6.07, 6.45) is 15.6. The summed E-state index contributed by atoms with van der Waals surface area (Å²) in [5.41, 5.74) is 25.5. The van der Waals surface area contributed by atoms with Gasteiger partial charge in [0.1, 0.15) is 0 Å². The van der Waals surface area contributed by atoms with Gasteiger partial charge in [0.25, 0.3) is 0 Å². The highest BCUT2D eigenvalue weighted by molar-refractivity contribution is 6.32. The normalized spacial score (nSPS) is 14.3. The van der Waals surface area contributed by atoms with Gasteiger partial charge >= 0.3 is 0 Å². The monoisotopic (exact) mass is 980 g/mol. The molecule has 0 unspecified atom stereocenters. The number of pyridine rings is 6. The lowest BCUT2D eigenvalue weighted by Gasteiger charge is -2.30. The first-order chi connectivity index (χ1) is 36.5. The Balaban J connectivity index is 0.932. The molecule has 2 spiro atoms. The van der Waals surface area contributed by atoms with Crippen LogP contribution in [-0.2, 0) is 10.8 Å². The van der Waals surface area contributed by atoms with Gasteiger partial charge in [0.2, 0.25) is 0 Å². The van der Waals surface area contributed by atoms with Crippen molar-refractivity contribution in [1.29, 1.82) is 0 Å². The van der Waals surface area contributed by atoms with E-state index in [1.807, 2.05) is 73.8 Å². The summed E-state index contributed by atoms with van der Waals surface area (Å²) in [6.45, 7) is 0. The van der Waals surface area contributed by atoms with E-state index in [-0.39, 0.29) is 0 Å². The van der Waals surface area contributed by atoms with E-state index < -0.39 is 10.8 Å². The van der Waals surface area contributed by atoms with Gasteiger partial charge in [-0.3, -0.25) is 19.9 Å². The quantitative estimate of drug-likeness (QED) is 0.127. The number of rotatable bonds is 2. The molecule has 8 heteroatoms. The maximum absolute atomic E-state index is 6.89. The average molecular weight is 982 g/mol. The molecule has 7 aromatic carbocycles. The van der Waals surface area contributed by atoms with Crippen molar-refractivity contribution in [2.45, 2.75) is 10.8 Å². The molecule has 13 aromatic rings. The summed E-state index contributed by atoms with van der Waals surface area (Å²) < 4.78 is 0. The van der Waals surface area contributed by atoms with Gasteiger partial charge in [-0.15, -0.1) is 0 Å². The third-order valence-corrected chi connectivity index (χ3v) is 17.2. The number of hydrogen-bond acceptors (Lipinski definition) is 6. The second kappa shape index (κ2) is 14.4. The van der Waals surface area contributed by atoms with Gasteiger partial charge in [-0.05, 0) is 139 Å². The first kappa shape index (κ1) is 40.6. The van der Waals surface area contributed by atoms with Crippen molar-refractivity contribution in [3.63, 3.8) is 0 Å². The number of benzene rings is 7. The van der Waals surface area contributed by atoms with E-state index in [9.17, 15) is 0 Å². The second-order valence-corrected chi connectivity index (χ2v) is 20.8. The summed E-state index contributed by atoms with van der Waals surface area (Å²) in [7, 11) is 0. The summed E-state index contributed by atoms with van der Waals surface area (Å²) in [5, 5.41) is 5.22. The maximum Gasteiger partial charge on any atom is 0.0979 e. The Kier molecular flexibility index (Phi) is 7.90. The lowest BCUT2D eigenvalue weighted by molar-refractivity contribution is 0.791. The van der Waals surface area contributed by atoms with E-state index in [0.29, 0.717) is 10.0 Å². The first-order valence-electron chi connectivity index (χ1n) is 24.7. The number of fused-ring (bicyclic) bond motifs is 25. The molecule has 0 saturated heterocycles. The Bertz CT molecular complexity index is 4630. The zero-order valence-corrected chi connectivity index (χ0v) is 40.6. The van der Waals surface area contributed by atoms with E-state index in [0.717, 1.165) is 88.1 Å². The summed E-state index contributed by atoms with van der Waals surface area (Å²) in [5.74, 6) is 0. The van der Waals surface area contributed by atoms with Gasteiger partial charge < -0.3 is 0 Å². The molecule has 0 aliphatic heterocycles. The molecule has 342 valence electrons. The van der Waals surface area contributed by atoms with Crippen molar-refractivity contribution < 1.29 is 0 Å². The minimum absolute atomic E-state index is 0.519. The topological polar surface area (TPSA) is 77.3 Å². The van der Waals surface area contributed by atoms with Gasteiger partial charge in [0.05, 0.1) is 32.9 Å². The minimum atomic E-state index is -0.573. The van der Waals surface area contributed by atoms with Gasteiger partial charge in [0.15, 0.2) is 0 Å². The van der Waals surface area contributed by atoms with Crippen LogP contribution in [0.15, 0.2) is 207 Å². The molecular formula is C66H34Cl2N6. The van der Waals surface area contributed by atoms with Gasteiger partial charge in [0, 0.05) is 115 Å². The second-order valence-electron chi connectivity index (χ2n) is 20.0. The Hall–Kier alpha value is -8.94. The van der Waals surface area contributed by atoms with Crippen LogP contribution < -0.4 is 0 Å². The summed E-state index contributed by atoms with van der Waals surface area (Å²) >= 11 is 13.8. The highest BCUT2D eigenvalue weighted by atomic mass is 35.5. The SMILES string of the molecule is Clc1ccc2c(-c3ccc4c(c3)-c3ccccc3C43c4ccncc4-c4cnccc43)c3ccc4c(-c5ccc6c(c5)C5(c7ccccc7-6)c6ccncc6-c6cnccc65)c5ccc(Cl)cc5nc4c3nc2c1. The molecule has 0 N–H and O–H groups in total. The molecule has 6 heterocycles. The molecular weight excluding hydrogens is 948 g/mol. The van der Waals surface area contributed by atoms with Crippen molar-refractivity contribution in [2.24, 2.45) is 0 Å². The Morgan fingerprint density at radius 1 is 0.297 bits per heavy atom. The van der Waals surface area contributed by atoms with E-state index >= 15 is 0 Å². The number of aromatic nitrogens is 6. The number of hydrogen-bond donors (Lipinski definition) is 0. The molecule has 0 atom stereocenters. The van der Waals surface area contributed by atoms with Crippen molar-refractivity contribution in [1.82, 2.24) is 29.9 Å². The van der Waals surface area contributed by atoms with Crippen molar-refractivity contribution in [3.8, 4) is 66.8 Å². The molecule has 6 aromatic heterocycles. The summed E-state index contributed by atoms with van der Waals surface area (Å²) in [6, 6.07) is 57.1. The van der Waals surface area contributed by atoms with E-state index in [1.54, 1.807) is 0 Å². The molecule has 4 aliphatic rings. The van der Waals surface area contributed by atoms with Crippen LogP contribution in [0.25, 0.3) is 110 Å². The predicted molar refractivity (Wildman–Crippen MR) is 297 cm³/mol. The smallest absolute Gasteiger partial charge is 0.0979 e. The zero-order valence-electron chi connectivity index (χ0n) is 39.1. The third kappa shape index (κ3) is 4.93. The molecule has 0 fully saturated rings. The molecule has 0 amide bonds. The lowest BCUT2D eigenvalue weighted by atomic mass is 9.70. The highest BCUT2D eigenvalue weighted by Crippen LogP contribution is 2.65. The van der Waals surface area contributed by atoms with Crippen molar-refractivity contribution in [3.05, 3.63) is 262 Å². The largest absolute Gasteiger partial charge is 0.264 e. The fraction of sp³-hybridized carbons (Fsp3) is 0.0303. The molecule has 0 saturated carbocycles. The van der Waals surface area contributed by atoms with Crippen LogP contribution >= 0.6 is 23.2 Å². The molecule has 6 nitrogen and oxygen atoms in total. The van der Waals surface area contributed by atoms with Crippen LogP contribution in [0.2, 0.25) is 10.0 Å². The van der Waals surface area contributed by atoms with Crippen LogP contribution in [0.5, 0.6) is 0 Å². The molecule has 0 bridgehead atoms. The van der Waals surface area contributed by atoms with Crippen LogP contribution in [0.3, 0.4) is 0 Å². The molecule has 0 radical (unpaired) electrons. The van der Waals surface area contributed by atoms with Crippen LogP contribution in [-0.4, -0.2) is 29.9 Å². The predicted octanol–water partition coefficient (Wildman–Crippen LogP) is 16.0. The maximum atomic E-state index is 6.89. The van der Waals surface area contributed by atoms with Crippen molar-refractivity contribution >= 4 is 66.8 Å². The molecule has 74 heavy (non-hydrogen) atoms. The number of nitrogens with zero attached hydrogens (tertiary/aromatic N) is 6. The average Bonchev–Trinajstić information content (AvgIpc) is 4.31. The van der Waals surface area contributed by atoms with E-state index in [1.165, 1.54) is 66.8 Å². The van der Waals surface area contributed by atoms with Crippen LogP contribution in [0.4, 0.5) is 0 Å². The Morgan fingerprint density at radius 2 is 0.689 bits per heavy atom. The van der Waals surface area contributed by atoms with Gasteiger partial charge in [-0.25, -0.2) is 9.97 Å². The fourth-order valence-corrected chi connectivity index (χ4v) is 14.4. The lowest BCUT2D eigenvalue weighted by Crippen LogP contribution is -2.26. The standard InChI is InChI=1S/C66H34Cl2N6/c67-37-11-14-42-59(29-37)73-63-44(61(42)35-10-18-53-46(27-35)40-6-2-4-8-52(40)65(53)54-19-23-69-31-47(54)48-32-70-24-20-55(48)65)16-17-45-62(43-15-12-38(68)30-60(43)74-64(45)63)36-9-13-41-39-5-1-3-7-51(39)66(58(41)28-36)56-21-25-71-33-49(56)50-34-72-26-22-57(50)66/h1-34H. The molecule has 17 rings (SSSR count). The fourth-order valence-electron chi connectivity index (χ4n) is 14.0. The Morgan fingerprint density at radius 3 is 1.20 bits per heavy atom. The number of halogens is 2.